The zero-order valence-electron chi connectivity index (χ0n) is 11.3. The molecule has 0 bridgehead atoms. The van der Waals surface area contributed by atoms with E-state index in [1.165, 1.54) is 6.07 Å². The zero-order chi connectivity index (χ0) is 15.6. The first-order valence-corrected chi connectivity index (χ1v) is 6.94. The topological polar surface area (TPSA) is 108 Å². The quantitative estimate of drug-likeness (QED) is 0.783. The van der Waals surface area contributed by atoms with E-state index in [0.29, 0.717) is 16.0 Å². The highest BCUT2D eigenvalue weighted by atomic mass is 79.9. The van der Waals surface area contributed by atoms with Crippen LogP contribution in [0.2, 0.25) is 0 Å². The van der Waals surface area contributed by atoms with Gasteiger partial charge < -0.3 is 10.4 Å². The Bertz CT molecular complexity index is 696. The molecular weight excluding hydrogens is 340 g/mol. The molecule has 0 radical (unpaired) electrons. The third kappa shape index (κ3) is 3.46. The van der Waals surface area contributed by atoms with Crippen molar-refractivity contribution in [3.8, 4) is 0 Å². The first-order chi connectivity index (χ1) is 9.88. The van der Waals surface area contributed by atoms with Gasteiger partial charge in [0.2, 0.25) is 5.82 Å². The molecule has 0 fully saturated rings. The molecule has 110 valence electrons. The van der Waals surface area contributed by atoms with Crippen LogP contribution >= 0.6 is 15.9 Å². The van der Waals surface area contributed by atoms with Crippen molar-refractivity contribution in [2.75, 3.05) is 5.32 Å². The number of aromatic carboxylic acids is 1. The van der Waals surface area contributed by atoms with Gasteiger partial charge in [-0.1, -0.05) is 13.8 Å². The van der Waals surface area contributed by atoms with Crippen LogP contribution in [0.3, 0.4) is 0 Å². The standard InChI is InChI=1S/C13H13BrN4O3/c1-6(2)10-16-11(18-17-10)12(19)15-7-3-4-9(14)8(5-7)13(20)21/h3-6H,1-2H3,(H,15,19)(H,20,21)(H,16,17,18). The summed E-state index contributed by atoms with van der Waals surface area (Å²) in [6, 6.07) is 4.50. The SMILES string of the molecule is CC(C)c1nc(C(=O)Nc2ccc(Br)c(C(=O)O)c2)n[nH]1. The number of amides is 1. The van der Waals surface area contributed by atoms with E-state index < -0.39 is 11.9 Å². The summed E-state index contributed by atoms with van der Waals surface area (Å²) >= 11 is 3.14. The number of carboxylic acids is 1. The van der Waals surface area contributed by atoms with Crippen molar-refractivity contribution in [3.63, 3.8) is 0 Å². The fourth-order valence-electron chi connectivity index (χ4n) is 1.59. The summed E-state index contributed by atoms with van der Waals surface area (Å²) in [6.07, 6.45) is 0. The summed E-state index contributed by atoms with van der Waals surface area (Å²) in [5.74, 6) is -0.833. The van der Waals surface area contributed by atoms with Crippen molar-refractivity contribution < 1.29 is 14.7 Å². The lowest BCUT2D eigenvalue weighted by molar-refractivity contribution is 0.0695. The van der Waals surface area contributed by atoms with E-state index in [0.717, 1.165) is 0 Å². The number of anilines is 1. The average Bonchev–Trinajstić information content (AvgIpc) is 2.90. The summed E-state index contributed by atoms with van der Waals surface area (Å²) in [4.78, 5) is 27.1. The minimum absolute atomic E-state index is 0.0125. The molecule has 2 aromatic rings. The Morgan fingerprint density at radius 2 is 2.10 bits per heavy atom. The lowest BCUT2D eigenvalue weighted by Gasteiger charge is -2.05. The number of rotatable bonds is 4. The van der Waals surface area contributed by atoms with Crippen LogP contribution in [0, 0.1) is 0 Å². The maximum atomic E-state index is 12.0. The lowest BCUT2D eigenvalue weighted by atomic mass is 10.2. The Balaban J connectivity index is 2.19. The maximum absolute atomic E-state index is 12.0. The fourth-order valence-corrected chi connectivity index (χ4v) is 2.00. The van der Waals surface area contributed by atoms with E-state index in [9.17, 15) is 9.59 Å². The minimum atomic E-state index is -1.09. The van der Waals surface area contributed by atoms with Gasteiger partial charge in [0.25, 0.3) is 5.91 Å². The molecule has 0 atom stereocenters. The van der Waals surface area contributed by atoms with Gasteiger partial charge in [0, 0.05) is 16.1 Å². The molecule has 7 nitrogen and oxygen atoms in total. The van der Waals surface area contributed by atoms with Gasteiger partial charge >= 0.3 is 5.97 Å². The summed E-state index contributed by atoms with van der Waals surface area (Å²) < 4.78 is 0.438. The van der Waals surface area contributed by atoms with Crippen LogP contribution in [0.1, 0.15) is 46.6 Å². The average molecular weight is 353 g/mol. The number of benzene rings is 1. The normalized spacial score (nSPS) is 10.7. The zero-order valence-corrected chi connectivity index (χ0v) is 12.9. The van der Waals surface area contributed by atoms with Crippen molar-refractivity contribution in [3.05, 3.63) is 39.9 Å². The van der Waals surface area contributed by atoms with Crippen molar-refractivity contribution >= 4 is 33.5 Å². The number of hydrogen-bond donors (Lipinski definition) is 3. The smallest absolute Gasteiger partial charge is 0.336 e. The number of aromatic amines is 1. The molecule has 1 heterocycles. The largest absolute Gasteiger partial charge is 0.478 e. The molecule has 1 aromatic heterocycles. The number of aromatic nitrogens is 3. The van der Waals surface area contributed by atoms with E-state index in [1.54, 1.807) is 12.1 Å². The molecule has 3 N–H and O–H groups in total. The number of carbonyl (C=O) groups is 2. The van der Waals surface area contributed by atoms with E-state index in [4.69, 9.17) is 5.11 Å². The molecular formula is C13H13BrN4O3. The van der Waals surface area contributed by atoms with Crippen LogP contribution in [0.4, 0.5) is 5.69 Å². The van der Waals surface area contributed by atoms with Gasteiger partial charge in [0.1, 0.15) is 5.82 Å². The van der Waals surface area contributed by atoms with Crippen molar-refractivity contribution in [1.29, 1.82) is 0 Å². The predicted octanol–water partition coefficient (Wildman–Crippen LogP) is 2.64. The van der Waals surface area contributed by atoms with Crippen LogP contribution in [0.25, 0.3) is 0 Å². The number of hydrogen-bond acceptors (Lipinski definition) is 4. The second-order valence-electron chi connectivity index (χ2n) is 4.65. The highest BCUT2D eigenvalue weighted by Gasteiger charge is 2.15. The molecule has 1 amide bonds. The second-order valence-corrected chi connectivity index (χ2v) is 5.51. The van der Waals surface area contributed by atoms with Gasteiger partial charge in [-0.2, -0.15) is 0 Å². The van der Waals surface area contributed by atoms with E-state index in [-0.39, 0.29) is 17.3 Å². The van der Waals surface area contributed by atoms with Crippen LogP contribution in [-0.2, 0) is 0 Å². The monoisotopic (exact) mass is 352 g/mol. The molecule has 0 saturated heterocycles. The number of nitrogens with zero attached hydrogens (tertiary/aromatic N) is 2. The van der Waals surface area contributed by atoms with Gasteiger partial charge in [-0.3, -0.25) is 9.89 Å². The Labute approximate surface area is 128 Å². The molecule has 8 heteroatoms. The van der Waals surface area contributed by atoms with Crippen LogP contribution < -0.4 is 5.32 Å². The van der Waals surface area contributed by atoms with E-state index in [2.05, 4.69) is 36.4 Å². The third-order valence-corrected chi connectivity index (χ3v) is 3.40. The lowest BCUT2D eigenvalue weighted by Crippen LogP contribution is -2.14. The van der Waals surface area contributed by atoms with Crippen LogP contribution in [0.5, 0.6) is 0 Å². The number of carbonyl (C=O) groups excluding carboxylic acids is 1. The number of halogens is 1. The molecule has 0 aliphatic carbocycles. The van der Waals surface area contributed by atoms with E-state index in [1.807, 2.05) is 13.8 Å². The summed E-state index contributed by atoms with van der Waals surface area (Å²) in [5.41, 5.74) is 0.419. The Morgan fingerprint density at radius 1 is 1.38 bits per heavy atom. The second kappa shape index (κ2) is 6.04. The summed E-state index contributed by atoms with van der Waals surface area (Å²) in [5, 5.41) is 18.1. The first kappa shape index (κ1) is 15.2. The number of H-pyrrole nitrogens is 1. The molecule has 2 rings (SSSR count). The number of carboxylic acid groups (broad SMARTS) is 1. The van der Waals surface area contributed by atoms with Gasteiger partial charge in [-0.15, -0.1) is 5.10 Å². The Hall–Kier alpha value is -2.22. The summed E-state index contributed by atoms with van der Waals surface area (Å²) in [7, 11) is 0. The molecule has 1 aromatic carbocycles. The van der Waals surface area contributed by atoms with Crippen LogP contribution in [-0.4, -0.2) is 32.2 Å². The van der Waals surface area contributed by atoms with E-state index >= 15 is 0 Å². The first-order valence-electron chi connectivity index (χ1n) is 6.15. The van der Waals surface area contributed by atoms with Gasteiger partial charge in [0.15, 0.2) is 0 Å². The van der Waals surface area contributed by atoms with Crippen LogP contribution in [0.15, 0.2) is 22.7 Å². The highest BCUT2D eigenvalue weighted by Crippen LogP contribution is 2.21. The Kier molecular flexibility index (Phi) is 4.37. The molecule has 0 aliphatic heterocycles. The molecule has 0 spiro atoms. The highest BCUT2D eigenvalue weighted by molar-refractivity contribution is 9.10. The Morgan fingerprint density at radius 3 is 2.67 bits per heavy atom. The summed E-state index contributed by atoms with van der Waals surface area (Å²) in [6.45, 7) is 3.85. The third-order valence-electron chi connectivity index (χ3n) is 2.71. The van der Waals surface area contributed by atoms with Crippen molar-refractivity contribution in [2.45, 2.75) is 19.8 Å². The number of nitrogens with one attached hydrogen (secondary N) is 2. The van der Waals surface area contributed by atoms with Crippen molar-refractivity contribution in [2.24, 2.45) is 0 Å². The van der Waals surface area contributed by atoms with Gasteiger partial charge in [-0.05, 0) is 34.1 Å². The van der Waals surface area contributed by atoms with Gasteiger partial charge in [0.05, 0.1) is 5.56 Å². The van der Waals surface area contributed by atoms with Gasteiger partial charge in [-0.25, -0.2) is 9.78 Å². The minimum Gasteiger partial charge on any atom is -0.478 e. The molecule has 0 saturated carbocycles. The van der Waals surface area contributed by atoms with Crippen molar-refractivity contribution in [1.82, 2.24) is 15.2 Å². The maximum Gasteiger partial charge on any atom is 0.336 e. The molecule has 0 unspecified atom stereocenters. The fraction of sp³-hybridized carbons (Fsp3) is 0.231. The predicted molar refractivity (Wildman–Crippen MR) is 79.5 cm³/mol. The molecule has 0 aliphatic rings. The molecule has 21 heavy (non-hydrogen) atoms.